The molecule has 0 aromatic heterocycles. The third kappa shape index (κ3) is 4.26. The summed E-state index contributed by atoms with van der Waals surface area (Å²) in [5, 5.41) is 39.2. The van der Waals surface area contributed by atoms with E-state index in [2.05, 4.69) is 24.2 Å². The number of fused-ring (bicyclic) bond motifs is 1. The van der Waals surface area contributed by atoms with Gasteiger partial charge < -0.3 is 35.4 Å². The maximum Gasteiger partial charge on any atom is 1.00 e. The quantitative estimate of drug-likeness (QED) is 0.0676. The Labute approximate surface area is 194 Å². The monoisotopic (exact) mass is 435 g/mol. The van der Waals surface area contributed by atoms with Crippen molar-refractivity contribution < 1.29 is 98.7 Å². The zero-order valence-electron chi connectivity index (χ0n) is 13.7. The fourth-order valence-electron chi connectivity index (χ4n) is 2.64. The van der Waals surface area contributed by atoms with Crippen LogP contribution in [0.15, 0.2) is 15.0 Å². The molecule has 1 unspecified atom stereocenters. The second-order valence-electron chi connectivity index (χ2n) is 5.51. The van der Waals surface area contributed by atoms with E-state index in [4.69, 9.17) is 15.6 Å². The molecule has 6 N–H and O–H groups in total. The van der Waals surface area contributed by atoms with Crippen LogP contribution < -0.4 is 57.1 Å². The second kappa shape index (κ2) is 7.95. The molecular weight excluding hydrogens is 421 g/mol. The normalized spacial score (nSPS) is 34.7. The van der Waals surface area contributed by atoms with E-state index in [0.29, 0.717) is 0 Å². The molecule has 15 nitrogen and oxygen atoms in total. The van der Waals surface area contributed by atoms with Crippen LogP contribution >= 0.6 is 0 Å². The molecule has 0 aromatic rings. The molecule has 27 heavy (non-hydrogen) atoms. The minimum Gasteiger partial charge on any atom is -0.724 e. The zero-order valence-corrected chi connectivity index (χ0v) is 17.7. The summed E-state index contributed by atoms with van der Waals surface area (Å²) in [6, 6.07) is 0. The minimum absolute atomic E-state index is 0. The summed E-state index contributed by atoms with van der Waals surface area (Å²) in [5.41, 5.74) is 2.60. The van der Waals surface area contributed by atoms with E-state index in [1.807, 2.05) is 0 Å². The van der Waals surface area contributed by atoms with Crippen LogP contribution in [-0.4, -0.2) is 93.1 Å². The number of rotatable bonds is 5. The maximum absolute atomic E-state index is 10.7. The zero-order chi connectivity index (χ0) is 19.3. The van der Waals surface area contributed by atoms with Crippen LogP contribution in [0.5, 0.6) is 0 Å². The topological polar surface area (TPSA) is 232 Å². The van der Waals surface area contributed by atoms with E-state index in [-0.39, 0.29) is 57.8 Å². The number of hydrogen-bond donors (Lipinski definition) is 5. The molecular formula is C10H14KN5O10S. The van der Waals surface area contributed by atoms with Crippen LogP contribution in [0, 0.1) is 0 Å². The van der Waals surface area contributed by atoms with Gasteiger partial charge in [-0.3, -0.25) is 4.90 Å². The van der Waals surface area contributed by atoms with Crippen LogP contribution in [0.2, 0.25) is 0 Å². The number of nitrogens with zero attached hydrogens (tertiary/aromatic N) is 4. The Kier molecular flexibility index (Phi) is 6.82. The summed E-state index contributed by atoms with van der Waals surface area (Å²) in [5.74, 6) is -4.46. The largest absolute Gasteiger partial charge is 1.00 e. The summed E-state index contributed by atoms with van der Waals surface area (Å²) in [4.78, 5) is 15.9. The molecule has 3 rings (SSSR count). The van der Waals surface area contributed by atoms with Crippen LogP contribution in [0.1, 0.15) is 6.42 Å². The van der Waals surface area contributed by atoms with Gasteiger partial charge in [0.1, 0.15) is 12.3 Å². The number of ether oxygens (including phenoxy) is 1. The third-order valence-electron chi connectivity index (χ3n) is 3.79. The smallest absolute Gasteiger partial charge is 0.724 e. The van der Waals surface area contributed by atoms with Crippen molar-refractivity contribution in [3.05, 3.63) is 0 Å². The summed E-state index contributed by atoms with van der Waals surface area (Å²) >= 11 is 0. The van der Waals surface area contributed by atoms with Gasteiger partial charge in [-0.25, -0.2) is 13.4 Å². The van der Waals surface area contributed by atoms with Gasteiger partial charge in [-0.15, -0.1) is 4.33 Å². The van der Waals surface area contributed by atoms with Gasteiger partial charge in [-0.05, 0) is 0 Å². The predicted molar refractivity (Wildman–Crippen MR) is 77.5 cm³/mol. The first-order chi connectivity index (χ1) is 12.0. The van der Waals surface area contributed by atoms with Gasteiger partial charge in [0.15, 0.2) is 5.84 Å². The number of nitrogens with two attached hydrogens (primary N) is 1. The van der Waals surface area contributed by atoms with E-state index >= 15 is 0 Å². The number of aliphatic imine (C=N–C) groups is 3. The average molecular weight is 435 g/mol. The summed E-state index contributed by atoms with van der Waals surface area (Å²) < 4.78 is 41.1. The van der Waals surface area contributed by atoms with E-state index < -0.39 is 58.9 Å². The molecule has 0 saturated carbocycles. The Balaban J connectivity index is 0.00000261. The van der Waals surface area contributed by atoms with Crippen LogP contribution in [0.25, 0.3) is 0 Å². The standard InChI is InChI=1S/C10H15N5O10S.K/c11-8-13-7-9(10(18,19)14-8,24-25-26(20,21)22)12-3-15(7)6-1-4(17)5(2-16)23-6;/h3-6,16-19H,1-2H2,(H2,11,14)(H,20,21,22);/q;+1/p-1/t4-,5+,6+,9?;/m0./s1. The first kappa shape index (κ1) is 23.2. The van der Waals surface area contributed by atoms with Gasteiger partial charge in [0.25, 0.3) is 0 Å². The molecule has 0 aliphatic carbocycles. The van der Waals surface area contributed by atoms with Gasteiger partial charge in [-0.1, -0.05) is 0 Å². The Bertz CT molecular complexity index is 787. The van der Waals surface area contributed by atoms with Gasteiger partial charge in [-0.2, -0.15) is 14.9 Å². The molecule has 3 aliphatic rings. The molecule has 0 radical (unpaired) electrons. The molecule has 17 heteroatoms. The van der Waals surface area contributed by atoms with E-state index in [1.165, 1.54) is 0 Å². The van der Waals surface area contributed by atoms with Gasteiger partial charge in [0, 0.05) is 6.42 Å². The Morgan fingerprint density at radius 2 is 2.15 bits per heavy atom. The Morgan fingerprint density at radius 3 is 2.70 bits per heavy atom. The number of aliphatic hydroxyl groups excluding tert-OH is 2. The van der Waals surface area contributed by atoms with Gasteiger partial charge in [0.05, 0.1) is 19.0 Å². The molecule has 1 fully saturated rings. The molecule has 4 atom stereocenters. The van der Waals surface area contributed by atoms with Crippen molar-refractivity contribution in [3.8, 4) is 0 Å². The first-order valence-corrected chi connectivity index (χ1v) is 8.33. The van der Waals surface area contributed by atoms with Crippen LogP contribution in [-0.2, 0) is 24.4 Å². The summed E-state index contributed by atoms with van der Waals surface area (Å²) in [7, 11) is -5.41. The molecule has 0 bridgehead atoms. The summed E-state index contributed by atoms with van der Waals surface area (Å²) in [6.45, 7) is -0.498. The van der Waals surface area contributed by atoms with E-state index in [9.17, 15) is 28.3 Å². The molecule has 1 saturated heterocycles. The first-order valence-electron chi connectivity index (χ1n) is 6.99. The fraction of sp³-hybridized carbons (Fsp3) is 0.700. The molecule has 0 aromatic carbocycles. The van der Waals surface area contributed by atoms with Gasteiger partial charge in [0.2, 0.25) is 16.4 Å². The molecule has 3 heterocycles. The van der Waals surface area contributed by atoms with Crippen LogP contribution in [0.4, 0.5) is 0 Å². The minimum atomic E-state index is -5.41. The number of hydrogen-bond acceptors (Lipinski definition) is 15. The maximum atomic E-state index is 10.7. The molecule has 0 amide bonds. The Morgan fingerprint density at radius 1 is 1.48 bits per heavy atom. The molecule has 3 aliphatic heterocycles. The molecule has 146 valence electrons. The second-order valence-corrected chi connectivity index (χ2v) is 6.46. The van der Waals surface area contributed by atoms with Crippen molar-refractivity contribution in [1.29, 1.82) is 0 Å². The predicted octanol–water partition coefficient (Wildman–Crippen LogP) is -7.73. The van der Waals surface area contributed by atoms with Crippen LogP contribution in [0.3, 0.4) is 0 Å². The number of guanidine groups is 1. The average Bonchev–Trinajstić information content (AvgIpc) is 3.05. The van der Waals surface area contributed by atoms with Crippen molar-refractivity contribution >= 4 is 28.5 Å². The number of amidine groups is 1. The van der Waals surface area contributed by atoms with Crippen molar-refractivity contribution in [2.75, 3.05) is 6.61 Å². The van der Waals surface area contributed by atoms with Crippen molar-refractivity contribution in [2.24, 2.45) is 20.7 Å². The van der Waals surface area contributed by atoms with Crippen molar-refractivity contribution in [3.63, 3.8) is 0 Å². The third-order valence-corrected chi connectivity index (χ3v) is 4.02. The number of aliphatic hydroxyl groups is 4. The van der Waals surface area contributed by atoms with E-state index in [0.717, 1.165) is 11.2 Å². The van der Waals surface area contributed by atoms with Gasteiger partial charge >= 0.3 is 63.0 Å². The SMILES string of the molecule is NC1=NC(O)(O)C2(OOS(=O)(=O)[O-])N=CN([C@H]3C[C@H](O)[C@@H](CO)O3)C2=N1.[K+]. The fourth-order valence-corrected chi connectivity index (χ4v) is 2.82. The van der Waals surface area contributed by atoms with Crippen molar-refractivity contribution in [2.45, 2.75) is 36.5 Å². The molecule has 0 spiro atoms. The van der Waals surface area contributed by atoms with Crippen molar-refractivity contribution in [1.82, 2.24) is 4.90 Å². The summed E-state index contributed by atoms with van der Waals surface area (Å²) in [6.07, 6.45) is -2.16. The Hall–Kier alpha value is -0.124. The van der Waals surface area contributed by atoms with E-state index in [1.54, 1.807) is 0 Å².